The minimum atomic E-state index is 0.594. The number of hydrogen-bond donors (Lipinski definition) is 0. The second kappa shape index (κ2) is 4.77. The summed E-state index contributed by atoms with van der Waals surface area (Å²) >= 11 is 0. The molecule has 0 spiro atoms. The molecule has 0 radical (unpaired) electrons. The third-order valence-electron chi connectivity index (χ3n) is 4.04. The highest BCUT2D eigenvalue weighted by atomic mass is 15.4. The summed E-state index contributed by atoms with van der Waals surface area (Å²) in [7, 11) is 0. The van der Waals surface area contributed by atoms with Gasteiger partial charge in [0, 0.05) is 25.4 Å². The van der Waals surface area contributed by atoms with Crippen molar-refractivity contribution in [1.82, 2.24) is 19.7 Å². The van der Waals surface area contributed by atoms with Gasteiger partial charge in [0.15, 0.2) is 5.82 Å². The van der Waals surface area contributed by atoms with Gasteiger partial charge in [0.05, 0.1) is 0 Å². The number of nitrogens with zero attached hydrogens (tertiary/aromatic N) is 4. The van der Waals surface area contributed by atoms with E-state index >= 15 is 0 Å². The first-order valence-electron chi connectivity index (χ1n) is 6.99. The molecule has 1 aromatic heterocycles. The molecule has 17 heavy (non-hydrogen) atoms. The van der Waals surface area contributed by atoms with Crippen molar-refractivity contribution in [2.45, 2.75) is 51.5 Å². The fourth-order valence-corrected chi connectivity index (χ4v) is 2.98. The SMILES string of the molecule is CC1CCCn2nc(CCN3CCCC3)nc21. The molecule has 0 aliphatic carbocycles. The summed E-state index contributed by atoms with van der Waals surface area (Å²) in [4.78, 5) is 7.25. The molecule has 4 nitrogen and oxygen atoms in total. The maximum atomic E-state index is 4.72. The Hall–Kier alpha value is -0.900. The van der Waals surface area contributed by atoms with E-state index in [1.54, 1.807) is 0 Å². The summed E-state index contributed by atoms with van der Waals surface area (Å²) in [5.74, 6) is 2.87. The van der Waals surface area contributed by atoms with Crippen LogP contribution in [0, 0.1) is 0 Å². The standard InChI is InChI=1S/C13H22N4/c1-11-5-4-9-17-13(11)14-12(15-17)6-10-16-7-2-3-8-16/h11H,2-10H2,1H3. The Balaban J connectivity index is 1.63. The fourth-order valence-electron chi connectivity index (χ4n) is 2.98. The molecular formula is C13H22N4. The zero-order chi connectivity index (χ0) is 11.7. The Kier molecular flexibility index (Phi) is 3.14. The normalized spacial score (nSPS) is 25.1. The van der Waals surface area contributed by atoms with Gasteiger partial charge in [-0.3, -0.25) is 0 Å². The van der Waals surface area contributed by atoms with E-state index in [-0.39, 0.29) is 0 Å². The van der Waals surface area contributed by atoms with E-state index in [9.17, 15) is 0 Å². The first-order chi connectivity index (χ1) is 8.33. The summed E-state index contributed by atoms with van der Waals surface area (Å²) in [5.41, 5.74) is 0. The molecular weight excluding hydrogens is 212 g/mol. The van der Waals surface area contributed by atoms with Gasteiger partial charge in [-0.2, -0.15) is 5.10 Å². The molecule has 0 saturated carbocycles. The van der Waals surface area contributed by atoms with Crippen LogP contribution in [0.4, 0.5) is 0 Å². The van der Waals surface area contributed by atoms with Crippen molar-refractivity contribution in [1.29, 1.82) is 0 Å². The molecule has 1 unspecified atom stereocenters. The summed E-state index contributed by atoms with van der Waals surface area (Å²) < 4.78 is 2.13. The van der Waals surface area contributed by atoms with Crippen LogP contribution in [-0.4, -0.2) is 39.3 Å². The van der Waals surface area contributed by atoms with Crippen molar-refractivity contribution < 1.29 is 0 Å². The van der Waals surface area contributed by atoms with Gasteiger partial charge in [-0.1, -0.05) is 6.92 Å². The Bertz CT molecular complexity index is 379. The van der Waals surface area contributed by atoms with Gasteiger partial charge in [0.25, 0.3) is 0 Å². The van der Waals surface area contributed by atoms with Gasteiger partial charge in [-0.05, 0) is 38.8 Å². The molecule has 0 amide bonds. The first-order valence-corrected chi connectivity index (χ1v) is 6.99. The molecule has 1 saturated heterocycles. The highest BCUT2D eigenvalue weighted by molar-refractivity contribution is 5.02. The van der Waals surface area contributed by atoms with Gasteiger partial charge >= 0.3 is 0 Å². The van der Waals surface area contributed by atoms with Gasteiger partial charge in [-0.15, -0.1) is 0 Å². The lowest BCUT2D eigenvalue weighted by atomic mass is 10.0. The lowest BCUT2D eigenvalue weighted by Crippen LogP contribution is -2.22. The van der Waals surface area contributed by atoms with Crippen molar-refractivity contribution in [2.75, 3.05) is 19.6 Å². The Morgan fingerprint density at radius 2 is 2.00 bits per heavy atom. The van der Waals surface area contributed by atoms with Crippen LogP contribution in [0.3, 0.4) is 0 Å². The lowest BCUT2D eigenvalue weighted by molar-refractivity contribution is 0.340. The van der Waals surface area contributed by atoms with Crippen LogP contribution in [0.2, 0.25) is 0 Å². The largest absolute Gasteiger partial charge is 0.303 e. The lowest BCUT2D eigenvalue weighted by Gasteiger charge is -2.17. The van der Waals surface area contributed by atoms with E-state index in [0.717, 1.165) is 25.3 Å². The maximum Gasteiger partial charge on any atom is 0.152 e. The zero-order valence-electron chi connectivity index (χ0n) is 10.7. The van der Waals surface area contributed by atoms with E-state index in [1.165, 1.54) is 44.6 Å². The molecule has 1 aromatic rings. The van der Waals surface area contributed by atoms with Crippen LogP contribution in [0.5, 0.6) is 0 Å². The topological polar surface area (TPSA) is 34.0 Å². The first kappa shape index (κ1) is 11.2. The van der Waals surface area contributed by atoms with Gasteiger partial charge in [0.1, 0.15) is 5.82 Å². The van der Waals surface area contributed by atoms with Crippen molar-refractivity contribution in [3.05, 3.63) is 11.6 Å². The predicted octanol–water partition coefficient (Wildman–Crippen LogP) is 1.81. The van der Waals surface area contributed by atoms with E-state index in [4.69, 9.17) is 4.98 Å². The van der Waals surface area contributed by atoms with Crippen LogP contribution in [0.25, 0.3) is 0 Å². The zero-order valence-corrected chi connectivity index (χ0v) is 10.7. The number of aromatic nitrogens is 3. The minimum Gasteiger partial charge on any atom is -0.303 e. The van der Waals surface area contributed by atoms with Gasteiger partial charge in [0.2, 0.25) is 0 Å². The van der Waals surface area contributed by atoms with Crippen molar-refractivity contribution in [2.24, 2.45) is 0 Å². The van der Waals surface area contributed by atoms with E-state index in [2.05, 4.69) is 21.6 Å². The van der Waals surface area contributed by atoms with Crippen LogP contribution in [0.1, 0.15) is 50.2 Å². The molecule has 2 aliphatic rings. The molecule has 3 rings (SSSR count). The van der Waals surface area contributed by atoms with Gasteiger partial charge in [-0.25, -0.2) is 9.67 Å². The number of rotatable bonds is 3. The Morgan fingerprint density at radius 1 is 1.18 bits per heavy atom. The highest BCUT2D eigenvalue weighted by Gasteiger charge is 2.20. The second-order valence-electron chi connectivity index (χ2n) is 5.45. The third-order valence-corrected chi connectivity index (χ3v) is 4.04. The van der Waals surface area contributed by atoms with Crippen molar-refractivity contribution >= 4 is 0 Å². The monoisotopic (exact) mass is 234 g/mol. The Labute approximate surface area is 103 Å². The van der Waals surface area contributed by atoms with Crippen molar-refractivity contribution in [3.63, 3.8) is 0 Å². The summed E-state index contributed by atoms with van der Waals surface area (Å²) in [5, 5.41) is 4.64. The van der Waals surface area contributed by atoms with Crippen LogP contribution >= 0.6 is 0 Å². The maximum absolute atomic E-state index is 4.72. The molecule has 2 aliphatic heterocycles. The summed E-state index contributed by atoms with van der Waals surface area (Å²) in [6.45, 7) is 7.01. The number of fused-ring (bicyclic) bond motifs is 1. The second-order valence-corrected chi connectivity index (χ2v) is 5.45. The molecule has 0 aromatic carbocycles. The third kappa shape index (κ3) is 2.37. The van der Waals surface area contributed by atoms with Crippen molar-refractivity contribution in [3.8, 4) is 0 Å². The minimum absolute atomic E-state index is 0.594. The van der Waals surface area contributed by atoms with Crippen LogP contribution in [0.15, 0.2) is 0 Å². The smallest absolute Gasteiger partial charge is 0.152 e. The number of hydrogen-bond acceptors (Lipinski definition) is 3. The summed E-state index contributed by atoms with van der Waals surface area (Å²) in [6.07, 6.45) is 6.27. The molecule has 4 heteroatoms. The fraction of sp³-hybridized carbons (Fsp3) is 0.846. The average molecular weight is 234 g/mol. The molecule has 1 fully saturated rings. The molecule has 0 N–H and O–H groups in total. The quantitative estimate of drug-likeness (QED) is 0.800. The van der Waals surface area contributed by atoms with Crippen LogP contribution < -0.4 is 0 Å². The summed E-state index contributed by atoms with van der Waals surface area (Å²) in [6, 6.07) is 0. The average Bonchev–Trinajstić information content (AvgIpc) is 2.95. The van der Waals surface area contributed by atoms with E-state index in [0.29, 0.717) is 5.92 Å². The van der Waals surface area contributed by atoms with Crippen LogP contribution in [-0.2, 0) is 13.0 Å². The van der Waals surface area contributed by atoms with E-state index in [1.807, 2.05) is 0 Å². The molecule has 1 atom stereocenters. The number of aryl methyl sites for hydroxylation is 1. The molecule has 94 valence electrons. The number of likely N-dealkylation sites (tertiary alicyclic amines) is 1. The van der Waals surface area contributed by atoms with Gasteiger partial charge < -0.3 is 4.90 Å². The van der Waals surface area contributed by atoms with E-state index < -0.39 is 0 Å². The highest BCUT2D eigenvalue weighted by Crippen LogP contribution is 2.24. The molecule has 3 heterocycles. The predicted molar refractivity (Wildman–Crippen MR) is 67.0 cm³/mol. The Morgan fingerprint density at radius 3 is 2.76 bits per heavy atom. The molecule has 0 bridgehead atoms.